The smallest absolute Gasteiger partial charge is 0.319 e. The van der Waals surface area contributed by atoms with E-state index in [-0.39, 0.29) is 12.1 Å². The predicted octanol–water partition coefficient (Wildman–Crippen LogP) is 1.86. The van der Waals surface area contributed by atoms with Gasteiger partial charge in [0.15, 0.2) is 5.82 Å². The van der Waals surface area contributed by atoms with E-state index in [9.17, 15) is 4.79 Å². The second kappa shape index (κ2) is 7.56. The summed E-state index contributed by atoms with van der Waals surface area (Å²) in [6.07, 6.45) is 0.654. The Hall–Kier alpha value is -2.41. The topological polar surface area (TPSA) is 91.9 Å². The van der Waals surface area contributed by atoms with Gasteiger partial charge in [0.25, 0.3) is 0 Å². The van der Waals surface area contributed by atoms with Crippen molar-refractivity contribution in [1.82, 2.24) is 20.5 Å². The molecule has 3 N–H and O–H groups in total. The van der Waals surface area contributed by atoms with Gasteiger partial charge in [-0.25, -0.2) is 9.78 Å². The molecule has 1 atom stereocenters. The Balaban J connectivity index is 1.87. The summed E-state index contributed by atoms with van der Waals surface area (Å²) in [6.45, 7) is 4.22. The maximum absolute atomic E-state index is 11.8. The average molecular weight is 303 g/mol. The lowest BCUT2D eigenvalue weighted by Gasteiger charge is -2.13. The van der Waals surface area contributed by atoms with Crippen LogP contribution < -0.4 is 10.6 Å². The molecule has 0 saturated carbocycles. The van der Waals surface area contributed by atoms with Gasteiger partial charge in [0.1, 0.15) is 5.82 Å². The molecule has 22 heavy (non-hydrogen) atoms. The SMILES string of the molecule is COCC(C)NC(=O)Nc1ccc(Cc2n[nH]c(C)n2)cc1. The number of carbonyl (C=O) groups is 1. The van der Waals surface area contributed by atoms with Gasteiger partial charge in [-0.05, 0) is 31.5 Å². The fraction of sp³-hybridized carbons (Fsp3) is 0.400. The number of aromatic amines is 1. The largest absolute Gasteiger partial charge is 0.383 e. The number of ether oxygens (including phenoxy) is 1. The lowest BCUT2D eigenvalue weighted by Crippen LogP contribution is -2.38. The average Bonchev–Trinajstić information content (AvgIpc) is 2.86. The molecule has 0 spiro atoms. The van der Waals surface area contributed by atoms with Gasteiger partial charge < -0.3 is 15.4 Å². The molecule has 1 aromatic heterocycles. The molecule has 0 aliphatic heterocycles. The molecular formula is C15H21N5O2. The molecule has 0 radical (unpaired) electrons. The highest BCUT2D eigenvalue weighted by molar-refractivity contribution is 5.89. The summed E-state index contributed by atoms with van der Waals surface area (Å²) in [5.41, 5.74) is 1.81. The maximum atomic E-state index is 11.8. The van der Waals surface area contributed by atoms with E-state index in [0.717, 1.165) is 22.9 Å². The van der Waals surface area contributed by atoms with Gasteiger partial charge in [0.05, 0.1) is 12.6 Å². The normalized spacial score (nSPS) is 12.0. The molecule has 118 valence electrons. The summed E-state index contributed by atoms with van der Waals surface area (Å²) in [5, 5.41) is 12.5. The Bertz CT molecular complexity index is 609. The highest BCUT2D eigenvalue weighted by atomic mass is 16.5. The van der Waals surface area contributed by atoms with Gasteiger partial charge in [-0.1, -0.05) is 12.1 Å². The van der Waals surface area contributed by atoms with E-state index in [1.165, 1.54) is 0 Å². The Morgan fingerprint density at radius 1 is 1.36 bits per heavy atom. The number of methoxy groups -OCH3 is 1. The maximum Gasteiger partial charge on any atom is 0.319 e. The molecule has 2 rings (SSSR count). The van der Waals surface area contributed by atoms with Crippen molar-refractivity contribution in [2.24, 2.45) is 0 Å². The van der Waals surface area contributed by atoms with Crippen LogP contribution in [0.4, 0.5) is 10.5 Å². The zero-order valence-electron chi connectivity index (χ0n) is 13.0. The van der Waals surface area contributed by atoms with Gasteiger partial charge in [0, 0.05) is 19.2 Å². The first kappa shape index (κ1) is 16.0. The summed E-state index contributed by atoms with van der Waals surface area (Å²) in [4.78, 5) is 16.0. The quantitative estimate of drug-likeness (QED) is 0.759. The van der Waals surface area contributed by atoms with E-state index in [1.54, 1.807) is 7.11 Å². The minimum atomic E-state index is -0.248. The van der Waals surface area contributed by atoms with Crippen molar-refractivity contribution < 1.29 is 9.53 Å². The second-order valence-corrected chi connectivity index (χ2v) is 5.17. The van der Waals surface area contributed by atoms with E-state index in [2.05, 4.69) is 25.8 Å². The number of aryl methyl sites for hydroxylation is 1. The molecule has 0 bridgehead atoms. The molecule has 2 aromatic rings. The number of rotatable bonds is 6. The second-order valence-electron chi connectivity index (χ2n) is 5.17. The van der Waals surface area contributed by atoms with Crippen LogP contribution in [0.1, 0.15) is 24.1 Å². The summed E-state index contributed by atoms with van der Waals surface area (Å²) in [7, 11) is 1.60. The van der Waals surface area contributed by atoms with Gasteiger partial charge >= 0.3 is 6.03 Å². The van der Waals surface area contributed by atoms with Crippen LogP contribution in [0.5, 0.6) is 0 Å². The Morgan fingerprint density at radius 2 is 2.09 bits per heavy atom. The van der Waals surface area contributed by atoms with Crippen LogP contribution in [0.2, 0.25) is 0 Å². The Labute approximate surface area is 129 Å². The van der Waals surface area contributed by atoms with Crippen LogP contribution in [-0.4, -0.2) is 41.0 Å². The van der Waals surface area contributed by atoms with Crippen molar-refractivity contribution in [1.29, 1.82) is 0 Å². The number of amides is 2. The number of H-pyrrole nitrogens is 1. The molecule has 1 aromatic carbocycles. The van der Waals surface area contributed by atoms with Gasteiger partial charge in [-0.15, -0.1) is 0 Å². The Kier molecular flexibility index (Phi) is 5.48. The van der Waals surface area contributed by atoms with Crippen LogP contribution >= 0.6 is 0 Å². The van der Waals surface area contributed by atoms with Crippen LogP contribution in [-0.2, 0) is 11.2 Å². The zero-order valence-corrected chi connectivity index (χ0v) is 13.0. The standard InChI is InChI=1S/C15H21N5O2/c1-10(9-22-3)16-15(21)18-13-6-4-12(5-7-13)8-14-17-11(2)19-20-14/h4-7,10H,8-9H2,1-3H3,(H2,16,18,21)(H,17,19,20). The third-order valence-corrected chi connectivity index (χ3v) is 3.01. The predicted molar refractivity (Wildman–Crippen MR) is 83.9 cm³/mol. The molecule has 7 heteroatoms. The van der Waals surface area contributed by atoms with E-state index in [4.69, 9.17) is 4.74 Å². The van der Waals surface area contributed by atoms with E-state index in [0.29, 0.717) is 13.0 Å². The van der Waals surface area contributed by atoms with Crippen molar-refractivity contribution in [3.05, 3.63) is 41.5 Å². The summed E-state index contributed by atoms with van der Waals surface area (Å²) in [5.74, 6) is 1.56. The summed E-state index contributed by atoms with van der Waals surface area (Å²) in [6, 6.07) is 7.31. The fourth-order valence-electron chi connectivity index (χ4n) is 2.04. The van der Waals surface area contributed by atoms with Crippen molar-refractivity contribution >= 4 is 11.7 Å². The molecular weight excluding hydrogens is 282 g/mol. The minimum Gasteiger partial charge on any atom is -0.383 e. The first-order valence-electron chi connectivity index (χ1n) is 7.10. The third kappa shape index (κ3) is 4.85. The van der Waals surface area contributed by atoms with Crippen LogP contribution in [0.3, 0.4) is 0 Å². The van der Waals surface area contributed by atoms with Crippen molar-refractivity contribution in [3.63, 3.8) is 0 Å². The van der Waals surface area contributed by atoms with E-state index >= 15 is 0 Å². The number of hydrogen-bond acceptors (Lipinski definition) is 4. The molecule has 1 unspecified atom stereocenters. The first-order valence-corrected chi connectivity index (χ1v) is 7.10. The lowest BCUT2D eigenvalue weighted by atomic mass is 10.1. The minimum absolute atomic E-state index is 0.0433. The lowest BCUT2D eigenvalue weighted by molar-refractivity contribution is 0.173. The molecule has 0 saturated heterocycles. The molecule has 0 aliphatic rings. The number of aromatic nitrogens is 3. The molecule has 2 amide bonds. The number of benzene rings is 1. The highest BCUT2D eigenvalue weighted by Gasteiger charge is 2.07. The van der Waals surface area contributed by atoms with Crippen LogP contribution in [0, 0.1) is 6.92 Å². The van der Waals surface area contributed by atoms with Gasteiger partial charge in [-0.3, -0.25) is 5.10 Å². The first-order chi connectivity index (χ1) is 10.6. The summed E-state index contributed by atoms with van der Waals surface area (Å²) >= 11 is 0. The molecule has 7 nitrogen and oxygen atoms in total. The monoisotopic (exact) mass is 303 g/mol. The van der Waals surface area contributed by atoms with Gasteiger partial charge in [0.2, 0.25) is 0 Å². The highest BCUT2D eigenvalue weighted by Crippen LogP contribution is 2.12. The van der Waals surface area contributed by atoms with Gasteiger partial charge in [-0.2, -0.15) is 5.10 Å². The zero-order chi connectivity index (χ0) is 15.9. The number of nitrogens with zero attached hydrogens (tertiary/aromatic N) is 2. The Morgan fingerprint density at radius 3 is 2.68 bits per heavy atom. The molecule has 0 fully saturated rings. The van der Waals surface area contributed by atoms with Crippen LogP contribution in [0.15, 0.2) is 24.3 Å². The van der Waals surface area contributed by atoms with Crippen molar-refractivity contribution in [2.75, 3.05) is 19.0 Å². The number of nitrogens with one attached hydrogen (secondary N) is 3. The third-order valence-electron chi connectivity index (χ3n) is 3.01. The van der Waals surface area contributed by atoms with E-state index < -0.39 is 0 Å². The number of carbonyl (C=O) groups excluding carboxylic acids is 1. The van der Waals surface area contributed by atoms with Crippen molar-refractivity contribution in [2.45, 2.75) is 26.3 Å². The number of anilines is 1. The van der Waals surface area contributed by atoms with Crippen LogP contribution in [0.25, 0.3) is 0 Å². The molecule has 1 heterocycles. The molecule has 0 aliphatic carbocycles. The number of urea groups is 1. The summed E-state index contributed by atoms with van der Waals surface area (Å²) < 4.78 is 4.97. The number of hydrogen-bond donors (Lipinski definition) is 3. The fourth-order valence-corrected chi connectivity index (χ4v) is 2.04. The van der Waals surface area contributed by atoms with E-state index in [1.807, 2.05) is 38.1 Å². The van der Waals surface area contributed by atoms with Crippen molar-refractivity contribution in [3.8, 4) is 0 Å².